The number of carboxylic acids is 1. The van der Waals surface area contributed by atoms with Crippen molar-refractivity contribution in [1.82, 2.24) is 4.90 Å². The molecule has 0 radical (unpaired) electrons. The molecule has 1 amide bonds. The first-order valence-electron chi connectivity index (χ1n) is 7.51. The number of amides is 1. The van der Waals surface area contributed by atoms with E-state index in [0.717, 1.165) is 0 Å². The smallest absolute Gasteiger partial charge is 0.323 e. The SMILES string of the molecule is CCC(C)N(CC(=O)O)C(=O)Cc1cc(Cl)c2c(c1)OCCO2. The van der Waals surface area contributed by atoms with E-state index < -0.39 is 5.97 Å². The van der Waals surface area contributed by atoms with Gasteiger partial charge in [0.25, 0.3) is 0 Å². The number of aliphatic carboxylic acids is 1. The maximum Gasteiger partial charge on any atom is 0.323 e. The summed E-state index contributed by atoms with van der Waals surface area (Å²) in [4.78, 5) is 24.8. The summed E-state index contributed by atoms with van der Waals surface area (Å²) in [6.07, 6.45) is 0.745. The lowest BCUT2D eigenvalue weighted by molar-refractivity contribution is -0.145. The highest BCUT2D eigenvalue weighted by atomic mass is 35.5. The van der Waals surface area contributed by atoms with Gasteiger partial charge >= 0.3 is 5.97 Å². The van der Waals surface area contributed by atoms with Crippen molar-refractivity contribution in [2.45, 2.75) is 32.7 Å². The van der Waals surface area contributed by atoms with Gasteiger partial charge in [0.2, 0.25) is 5.91 Å². The van der Waals surface area contributed by atoms with E-state index in [1.54, 1.807) is 12.1 Å². The van der Waals surface area contributed by atoms with Crippen molar-refractivity contribution in [3.05, 3.63) is 22.7 Å². The van der Waals surface area contributed by atoms with E-state index in [0.29, 0.717) is 41.7 Å². The first-order valence-corrected chi connectivity index (χ1v) is 7.89. The molecule has 0 bridgehead atoms. The number of hydrogen-bond donors (Lipinski definition) is 1. The molecule has 0 saturated carbocycles. The summed E-state index contributed by atoms with van der Waals surface area (Å²) < 4.78 is 10.9. The molecule has 1 aromatic carbocycles. The van der Waals surface area contributed by atoms with Crippen LogP contribution in [-0.4, -0.2) is 47.7 Å². The van der Waals surface area contributed by atoms with Crippen LogP contribution in [0.4, 0.5) is 0 Å². The van der Waals surface area contributed by atoms with Gasteiger partial charge in [-0.05, 0) is 31.0 Å². The molecule has 1 N–H and O–H groups in total. The van der Waals surface area contributed by atoms with Crippen LogP contribution in [0.15, 0.2) is 12.1 Å². The average Bonchev–Trinajstić information content (AvgIpc) is 2.51. The lowest BCUT2D eigenvalue weighted by Gasteiger charge is -2.27. The van der Waals surface area contributed by atoms with Crippen LogP contribution in [0.3, 0.4) is 0 Å². The fraction of sp³-hybridized carbons (Fsp3) is 0.500. The van der Waals surface area contributed by atoms with Crippen LogP contribution in [0.5, 0.6) is 11.5 Å². The zero-order valence-corrected chi connectivity index (χ0v) is 13.9. The minimum Gasteiger partial charge on any atom is -0.486 e. The lowest BCUT2D eigenvalue weighted by Crippen LogP contribution is -2.42. The number of rotatable bonds is 6. The number of halogens is 1. The summed E-state index contributed by atoms with van der Waals surface area (Å²) >= 11 is 6.16. The van der Waals surface area contributed by atoms with Gasteiger partial charge in [-0.2, -0.15) is 0 Å². The molecule has 0 aromatic heterocycles. The van der Waals surface area contributed by atoms with E-state index in [1.165, 1.54) is 4.90 Å². The monoisotopic (exact) mass is 341 g/mol. The molecule has 1 unspecified atom stereocenters. The van der Waals surface area contributed by atoms with Gasteiger partial charge in [0, 0.05) is 6.04 Å². The summed E-state index contributed by atoms with van der Waals surface area (Å²) in [6, 6.07) is 3.22. The van der Waals surface area contributed by atoms with E-state index in [1.807, 2.05) is 13.8 Å². The van der Waals surface area contributed by atoms with Gasteiger partial charge in [-0.25, -0.2) is 0 Å². The zero-order chi connectivity index (χ0) is 17.0. The third-order valence-corrected chi connectivity index (χ3v) is 4.04. The van der Waals surface area contributed by atoms with E-state index in [4.69, 9.17) is 26.2 Å². The fourth-order valence-electron chi connectivity index (χ4n) is 2.40. The van der Waals surface area contributed by atoms with E-state index in [-0.39, 0.29) is 24.9 Å². The maximum atomic E-state index is 12.5. The topological polar surface area (TPSA) is 76.1 Å². The molecule has 0 aliphatic carbocycles. The van der Waals surface area contributed by atoms with Crippen LogP contribution in [0.25, 0.3) is 0 Å². The average molecular weight is 342 g/mol. The highest BCUT2D eigenvalue weighted by molar-refractivity contribution is 6.32. The van der Waals surface area contributed by atoms with Crippen molar-refractivity contribution in [2.24, 2.45) is 0 Å². The van der Waals surface area contributed by atoms with Crippen LogP contribution in [0.1, 0.15) is 25.8 Å². The van der Waals surface area contributed by atoms with Crippen LogP contribution in [-0.2, 0) is 16.0 Å². The summed E-state index contributed by atoms with van der Waals surface area (Å²) in [5, 5.41) is 9.38. The molecule has 0 fully saturated rings. The van der Waals surface area contributed by atoms with Crippen LogP contribution >= 0.6 is 11.6 Å². The number of hydrogen-bond acceptors (Lipinski definition) is 4. The lowest BCUT2D eigenvalue weighted by atomic mass is 10.1. The molecular formula is C16H20ClNO5. The third kappa shape index (κ3) is 4.28. The van der Waals surface area contributed by atoms with Crippen LogP contribution in [0, 0.1) is 0 Å². The molecule has 7 heteroatoms. The molecule has 1 atom stereocenters. The van der Waals surface area contributed by atoms with E-state index in [9.17, 15) is 9.59 Å². The molecule has 1 aromatic rings. The summed E-state index contributed by atoms with van der Waals surface area (Å²) in [7, 11) is 0. The quantitative estimate of drug-likeness (QED) is 0.859. The van der Waals surface area contributed by atoms with Crippen molar-refractivity contribution in [1.29, 1.82) is 0 Å². The minimum atomic E-state index is -1.03. The Morgan fingerprint density at radius 1 is 1.35 bits per heavy atom. The van der Waals surface area contributed by atoms with Crippen molar-refractivity contribution >= 4 is 23.5 Å². The Bertz CT molecular complexity index is 604. The van der Waals surface area contributed by atoms with Crippen molar-refractivity contribution in [3.8, 4) is 11.5 Å². The van der Waals surface area contributed by atoms with Crippen molar-refractivity contribution < 1.29 is 24.2 Å². The molecule has 1 aliphatic heterocycles. The minimum absolute atomic E-state index is 0.0635. The highest BCUT2D eigenvalue weighted by Crippen LogP contribution is 2.38. The molecule has 6 nitrogen and oxygen atoms in total. The van der Waals surface area contributed by atoms with Gasteiger partial charge in [-0.15, -0.1) is 0 Å². The molecule has 2 rings (SSSR count). The van der Waals surface area contributed by atoms with Gasteiger partial charge in [-0.1, -0.05) is 18.5 Å². The Balaban J connectivity index is 2.17. The van der Waals surface area contributed by atoms with Crippen LogP contribution in [0.2, 0.25) is 5.02 Å². The predicted octanol–water partition coefficient (Wildman–Crippen LogP) is 2.37. The van der Waals surface area contributed by atoms with Gasteiger partial charge in [0.1, 0.15) is 19.8 Å². The van der Waals surface area contributed by atoms with Gasteiger partial charge in [0.15, 0.2) is 11.5 Å². The van der Waals surface area contributed by atoms with Gasteiger partial charge in [0.05, 0.1) is 11.4 Å². The first kappa shape index (κ1) is 17.4. The van der Waals surface area contributed by atoms with Crippen LogP contribution < -0.4 is 9.47 Å². The van der Waals surface area contributed by atoms with Crippen molar-refractivity contribution in [3.63, 3.8) is 0 Å². The molecule has 1 heterocycles. The second-order valence-electron chi connectivity index (χ2n) is 5.45. The largest absolute Gasteiger partial charge is 0.486 e. The Morgan fingerprint density at radius 2 is 2.04 bits per heavy atom. The molecule has 126 valence electrons. The Morgan fingerprint density at radius 3 is 2.70 bits per heavy atom. The third-order valence-electron chi connectivity index (χ3n) is 3.76. The highest BCUT2D eigenvalue weighted by Gasteiger charge is 2.23. The van der Waals surface area contributed by atoms with E-state index in [2.05, 4.69) is 0 Å². The summed E-state index contributed by atoms with van der Waals surface area (Å²) in [5.74, 6) is -0.286. The normalized spacial score (nSPS) is 14.2. The van der Waals surface area contributed by atoms with Gasteiger partial charge in [-0.3, -0.25) is 9.59 Å². The summed E-state index contributed by atoms with van der Waals surface area (Å²) in [6.45, 7) is 4.29. The molecule has 0 saturated heterocycles. The summed E-state index contributed by atoms with van der Waals surface area (Å²) in [5.41, 5.74) is 0.669. The Labute approximate surface area is 139 Å². The zero-order valence-electron chi connectivity index (χ0n) is 13.2. The number of fused-ring (bicyclic) bond motifs is 1. The fourth-order valence-corrected chi connectivity index (χ4v) is 2.69. The number of carbonyl (C=O) groups is 2. The number of carbonyl (C=O) groups excluding carboxylic acids is 1. The van der Waals surface area contributed by atoms with Crippen molar-refractivity contribution in [2.75, 3.05) is 19.8 Å². The number of carboxylic acid groups (broad SMARTS) is 1. The number of nitrogens with zero attached hydrogens (tertiary/aromatic N) is 1. The maximum absolute atomic E-state index is 12.5. The van der Waals surface area contributed by atoms with Gasteiger partial charge < -0.3 is 19.5 Å². The first-order chi connectivity index (χ1) is 10.9. The number of ether oxygens (including phenoxy) is 2. The second kappa shape index (κ2) is 7.55. The predicted molar refractivity (Wildman–Crippen MR) is 85.2 cm³/mol. The molecule has 1 aliphatic rings. The standard InChI is InChI=1S/C16H20ClNO5/c1-3-10(2)18(9-15(20)21)14(19)8-11-6-12(17)16-13(7-11)22-4-5-23-16/h6-7,10H,3-5,8-9H2,1-2H3,(H,20,21). The molecule has 0 spiro atoms. The Kier molecular flexibility index (Phi) is 5.71. The Hall–Kier alpha value is -1.95. The second-order valence-corrected chi connectivity index (χ2v) is 5.86. The molecule has 23 heavy (non-hydrogen) atoms. The van der Waals surface area contributed by atoms with E-state index >= 15 is 0 Å². The molecular weight excluding hydrogens is 322 g/mol. The number of benzene rings is 1.